The minimum Gasteiger partial charge on any atom is -0.309 e. The van der Waals surface area contributed by atoms with Crippen molar-refractivity contribution in [1.82, 2.24) is 15.1 Å². The summed E-state index contributed by atoms with van der Waals surface area (Å²) in [6.07, 6.45) is 0. The maximum atomic E-state index is 13.6. The van der Waals surface area contributed by atoms with Gasteiger partial charge in [-0.15, -0.1) is 0 Å². The van der Waals surface area contributed by atoms with Crippen molar-refractivity contribution in [3.63, 3.8) is 0 Å². The van der Waals surface area contributed by atoms with Gasteiger partial charge in [0, 0.05) is 51.4 Å². The topological polar surface area (TPSA) is 18.5 Å². The Bertz CT molecular complexity index is 634. The lowest BCUT2D eigenvalue weighted by Crippen LogP contribution is -2.43. The Morgan fingerprint density at radius 1 is 0.875 bits per heavy atom. The van der Waals surface area contributed by atoms with Crippen LogP contribution in [0.1, 0.15) is 16.7 Å². The van der Waals surface area contributed by atoms with Crippen LogP contribution in [-0.4, -0.2) is 43.0 Å². The monoisotopic (exact) mass is 327 g/mol. The van der Waals surface area contributed by atoms with Crippen molar-refractivity contribution in [1.29, 1.82) is 0 Å². The van der Waals surface area contributed by atoms with Crippen LogP contribution in [0, 0.1) is 5.82 Å². The molecule has 2 aromatic carbocycles. The average Bonchev–Trinajstić information content (AvgIpc) is 2.60. The number of benzene rings is 2. The first kappa shape index (κ1) is 17.1. The highest BCUT2D eigenvalue weighted by molar-refractivity contribution is 5.23. The summed E-state index contributed by atoms with van der Waals surface area (Å²) in [7, 11) is 2.18. The van der Waals surface area contributed by atoms with Gasteiger partial charge in [0.05, 0.1) is 0 Å². The van der Waals surface area contributed by atoms with E-state index in [1.807, 2.05) is 12.1 Å². The third kappa shape index (κ3) is 4.87. The molecule has 1 saturated heterocycles. The maximum absolute atomic E-state index is 13.6. The first-order chi connectivity index (χ1) is 11.7. The van der Waals surface area contributed by atoms with Crippen LogP contribution >= 0.6 is 0 Å². The summed E-state index contributed by atoms with van der Waals surface area (Å²) in [5, 5.41) is 3.31. The molecule has 0 aliphatic carbocycles. The number of hydrogen-bond donors (Lipinski definition) is 1. The number of piperazine rings is 1. The van der Waals surface area contributed by atoms with Crippen molar-refractivity contribution in [2.45, 2.75) is 19.6 Å². The van der Waals surface area contributed by atoms with Crippen LogP contribution in [0.4, 0.5) is 4.39 Å². The van der Waals surface area contributed by atoms with Crippen molar-refractivity contribution in [2.24, 2.45) is 0 Å². The van der Waals surface area contributed by atoms with E-state index in [9.17, 15) is 4.39 Å². The molecule has 3 rings (SSSR count). The Morgan fingerprint density at radius 2 is 1.54 bits per heavy atom. The smallest absolute Gasteiger partial charge is 0.127 e. The lowest BCUT2D eigenvalue weighted by molar-refractivity contribution is 0.148. The van der Waals surface area contributed by atoms with E-state index in [2.05, 4.69) is 46.4 Å². The second-order valence-corrected chi connectivity index (χ2v) is 6.59. The molecule has 0 aromatic heterocycles. The fourth-order valence-electron chi connectivity index (χ4n) is 3.01. The first-order valence-corrected chi connectivity index (χ1v) is 8.63. The zero-order valence-electron chi connectivity index (χ0n) is 14.3. The summed E-state index contributed by atoms with van der Waals surface area (Å²) in [6.45, 7) is 6.91. The Kier molecular flexibility index (Phi) is 5.96. The highest BCUT2D eigenvalue weighted by Gasteiger charge is 2.13. The zero-order valence-corrected chi connectivity index (χ0v) is 14.3. The van der Waals surface area contributed by atoms with Crippen LogP contribution in [0.3, 0.4) is 0 Å². The molecule has 1 heterocycles. The predicted octanol–water partition coefficient (Wildman–Crippen LogP) is 2.86. The number of hydrogen-bond acceptors (Lipinski definition) is 3. The van der Waals surface area contributed by atoms with E-state index in [-0.39, 0.29) is 5.82 Å². The van der Waals surface area contributed by atoms with Crippen molar-refractivity contribution >= 4 is 0 Å². The highest BCUT2D eigenvalue weighted by Crippen LogP contribution is 2.10. The van der Waals surface area contributed by atoms with E-state index in [0.29, 0.717) is 12.1 Å². The lowest BCUT2D eigenvalue weighted by Gasteiger charge is -2.32. The van der Waals surface area contributed by atoms with Gasteiger partial charge in [-0.2, -0.15) is 0 Å². The van der Waals surface area contributed by atoms with Gasteiger partial charge in [0.15, 0.2) is 0 Å². The molecule has 4 heteroatoms. The van der Waals surface area contributed by atoms with Gasteiger partial charge in [0.1, 0.15) is 5.82 Å². The Labute approximate surface area is 144 Å². The second kappa shape index (κ2) is 8.38. The van der Waals surface area contributed by atoms with E-state index in [1.165, 1.54) is 17.2 Å². The van der Waals surface area contributed by atoms with Gasteiger partial charge >= 0.3 is 0 Å². The van der Waals surface area contributed by atoms with Gasteiger partial charge < -0.3 is 10.2 Å². The van der Waals surface area contributed by atoms with Gasteiger partial charge in [-0.05, 0) is 24.2 Å². The second-order valence-electron chi connectivity index (χ2n) is 6.59. The number of halogens is 1. The Hall–Kier alpha value is -1.75. The molecule has 0 bridgehead atoms. The van der Waals surface area contributed by atoms with Gasteiger partial charge in [0.2, 0.25) is 0 Å². The standard InChI is InChI=1S/C20H26FN3/c1-23-10-12-24(13-11-23)16-18-8-6-17(7-9-18)14-22-15-19-4-2-3-5-20(19)21/h2-9,22H,10-16H2,1H3. The molecule has 24 heavy (non-hydrogen) atoms. The summed E-state index contributed by atoms with van der Waals surface area (Å²) < 4.78 is 13.6. The molecular weight excluding hydrogens is 301 g/mol. The van der Waals surface area contributed by atoms with Crippen LogP contribution in [0.25, 0.3) is 0 Å². The van der Waals surface area contributed by atoms with Gasteiger partial charge in [-0.3, -0.25) is 4.90 Å². The summed E-state index contributed by atoms with van der Waals surface area (Å²) in [5.74, 6) is -0.146. The van der Waals surface area contributed by atoms with Crippen LogP contribution in [0.2, 0.25) is 0 Å². The molecule has 0 unspecified atom stereocenters. The molecule has 128 valence electrons. The van der Waals surface area contributed by atoms with E-state index in [0.717, 1.165) is 39.3 Å². The number of nitrogens with one attached hydrogen (secondary N) is 1. The molecule has 3 nitrogen and oxygen atoms in total. The van der Waals surface area contributed by atoms with Gasteiger partial charge in [0.25, 0.3) is 0 Å². The number of nitrogens with zero attached hydrogens (tertiary/aromatic N) is 2. The average molecular weight is 327 g/mol. The number of rotatable bonds is 6. The Balaban J connectivity index is 1.45. The molecule has 1 N–H and O–H groups in total. The van der Waals surface area contributed by atoms with Gasteiger partial charge in [-0.1, -0.05) is 42.5 Å². The third-order valence-corrected chi connectivity index (χ3v) is 4.63. The summed E-state index contributed by atoms with van der Waals surface area (Å²) >= 11 is 0. The normalized spacial score (nSPS) is 16.4. The van der Waals surface area contributed by atoms with Crippen LogP contribution in [0.5, 0.6) is 0 Å². The summed E-state index contributed by atoms with van der Waals surface area (Å²) in [4.78, 5) is 4.88. The number of likely N-dealkylation sites (N-methyl/N-ethyl adjacent to an activating group) is 1. The fourth-order valence-corrected chi connectivity index (χ4v) is 3.01. The van der Waals surface area contributed by atoms with Crippen molar-refractivity contribution in [2.75, 3.05) is 33.2 Å². The van der Waals surface area contributed by atoms with E-state index >= 15 is 0 Å². The zero-order chi connectivity index (χ0) is 16.8. The molecule has 0 spiro atoms. The molecule has 2 aromatic rings. The SMILES string of the molecule is CN1CCN(Cc2ccc(CNCc3ccccc3F)cc2)CC1. The molecular formula is C20H26FN3. The van der Waals surface area contributed by atoms with Crippen molar-refractivity contribution in [3.8, 4) is 0 Å². The molecule has 0 saturated carbocycles. The molecule has 0 radical (unpaired) electrons. The van der Waals surface area contributed by atoms with Crippen molar-refractivity contribution < 1.29 is 4.39 Å². The third-order valence-electron chi connectivity index (χ3n) is 4.63. The molecule has 1 aliphatic heterocycles. The van der Waals surface area contributed by atoms with Crippen LogP contribution in [0.15, 0.2) is 48.5 Å². The van der Waals surface area contributed by atoms with Crippen LogP contribution < -0.4 is 5.32 Å². The summed E-state index contributed by atoms with van der Waals surface area (Å²) in [6, 6.07) is 15.7. The molecule has 1 aliphatic rings. The minimum atomic E-state index is -0.146. The van der Waals surface area contributed by atoms with Crippen LogP contribution in [-0.2, 0) is 19.6 Å². The fraction of sp³-hybridized carbons (Fsp3) is 0.400. The Morgan fingerprint density at radius 3 is 2.25 bits per heavy atom. The maximum Gasteiger partial charge on any atom is 0.127 e. The summed E-state index contributed by atoms with van der Waals surface area (Å²) in [5.41, 5.74) is 3.30. The first-order valence-electron chi connectivity index (χ1n) is 8.63. The van der Waals surface area contributed by atoms with E-state index in [1.54, 1.807) is 6.07 Å². The molecule has 0 amide bonds. The predicted molar refractivity (Wildman–Crippen MR) is 96.2 cm³/mol. The largest absolute Gasteiger partial charge is 0.309 e. The molecule has 1 fully saturated rings. The highest BCUT2D eigenvalue weighted by atomic mass is 19.1. The van der Waals surface area contributed by atoms with Crippen molar-refractivity contribution in [3.05, 3.63) is 71.0 Å². The molecule has 0 atom stereocenters. The van der Waals surface area contributed by atoms with Gasteiger partial charge in [-0.25, -0.2) is 4.39 Å². The van der Waals surface area contributed by atoms with E-state index < -0.39 is 0 Å². The van der Waals surface area contributed by atoms with E-state index in [4.69, 9.17) is 0 Å². The minimum absolute atomic E-state index is 0.146. The lowest BCUT2D eigenvalue weighted by atomic mass is 10.1. The quantitative estimate of drug-likeness (QED) is 0.880.